The molecule has 0 spiro atoms. The summed E-state index contributed by atoms with van der Waals surface area (Å²) >= 11 is 0. The molecule has 0 aromatic rings. The molecule has 0 unspecified atom stereocenters. The van der Waals surface area contributed by atoms with Gasteiger partial charge in [0.05, 0.1) is 19.8 Å². The SMILES string of the molecule is O=P(O)(O)OC[C@H]1O[C@](O)(CO)[C@@H](O)[C@@H]1O.O=P(O)(O)OC[C@H]1O[C@](O)(COP(=O)(O)O)[C@@H](O)[C@@H]1O. The zero-order valence-corrected chi connectivity index (χ0v) is 20.4. The summed E-state index contributed by atoms with van der Waals surface area (Å²) in [5, 5.41) is 65.5. The van der Waals surface area contributed by atoms with Crippen LogP contribution in [0.5, 0.6) is 0 Å². The van der Waals surface area contributed by atoms with Gasteiger partial charge in [0, 0.05) is 0 Å². The van der Waals surface area contributed by atoms with Gasteiger partial charge in [0.25, 0.3) is 0 Å². The first-order chi connectivity index (χ1) is 16.0. The molecule has 0 aromatic heterocycles. The van der Waals surface area contributed by atoms with E-state index in [9.17, 15) is 44.3 Å². The highest BCUT2D eigenvalue weighted by molar-refractivity contribution is 7.46. The van der Waals surface area contributed by atoms with Crippen molar-refractivity contribution in [3.63, 3.8) is 0 Å². The van der Waals surface area contributed by atoms with Gasteiger partial charge in [0.1, 0.15) is 43.2 Å². The molecular formula is C12H27O21P3. The minimum absolute atomic E-state index is 0.731. The van der Waals surface area contributed by atoms with Gasteiger partial charge < -0.3 is 74.6 Å². The number of rotatable bonds is 10. The van der Waals surface area contributed by atoms with Crippen molar-refractivity contribution in [2.24, 2.45) is 0 Å². The number of aliphatic hydroxyl groups is 7. The first kappa shape index (κ1) is 34.0. The summed E-state index contributed by atoms with van der Waals surface area (Å²) in [5.74, 6) is -5.02. The van der Waals surface area contributed by atoms with E-state index >= 15 is 0 Å². The number of aliphatic hydroxyl groups excluding tert-OH is 5. The van der Waals surface area contributed by atoms with Crippen LogP contribution in [-0.2, 0) is 36.7 Å². The van der Waals surface area contributed by atoms with Crippen LogP contribution in [0.25, 0.3) is 0 Å². The summed E-state index contributed by atoms with van der Waals surface area (Å²) in [6.45, 7) is -3.76. The summed E-state index contributed by atoms with van der Waals surface area (Å²) in [6.07, 6.45) is -10.1. The molecule has 0 radical (unpaired) electrons. The number of ether oxygens (including phenoxy) is 2. The van der Waals surface area contributed by atoms with Crippen LogP contribution < -0.4 is 0 Å². The number of hydrogen-bond acceptors (Lipinski definition) is 15. The molecule has 0 bridgehead atoms. The Hall–Kier alpha value is -0.0300. The first-order valence-corrected chi connectivity index (χ1v) is 13.9. The highest BCUT2D eigenvalue weighted by Crippen LogP contribution is 2.41. The fourth-order valence-corrected chi connectivity index (χ4v) is 3.81. The molecule has 21 nitrogen and oxygen atoms in total. The average molecular weight is 600 g/mol. The van der Waals surface area contributed by atoms with Crippen molar-refractivity contribution in [3.8, 4) is 0 Å². The smallest absolute Gasteiger partial charge is 0.391 e. The Morgan fingerprint density at radius 1 is 0.639 bits per heavy atom. The average Bonchev–Trinajstić information content (AvgIpc) is 3.08. The molecule has 2 aliphatic heterocycles. The Balaban J connectivity index is 0.000000369. The Labute approximate surface area is 200 Å². The molecule has 13 N–H and O–H groups in total. The van der Waals surface area contributed by atoms with Crippen LogP contribution in [0.15, 0.2) is 0 Å². The molecule has 2 fully saturated rings. The molecular weight excluding hydrogens is 573 g/mol. The predicted octanol–water partition coefficient (Wildman–Crippen LogP) is -6.09. The number of hydrogen-bond donors (Lipinski definition) is 13. The highest BCUT2D eigenvalue weighted by atomic mass is 31.2. The molecule has 216 valence electrons. The molecule has 2 aliphatic rings. The van der Waals surface area contributed by atoms with Gasteiger partial charge >= 0.3 is 23.5 Å². The molecule has 2 saturated heterocycles. The van der Waals surface area contributed by atoms with Gasteiger partial charge in [-0.1, -0.05) is 0 Å². The normalized spacial score (nSPS) is 37.6. The van der Waals surface area contributed by atoms with Crippen LogP contribution in [0.3, 0.4) is 0 Å². The van der Waals surface area contributed by atoms with Crippen LogP contribution in [-0.4, -0.2) is 140 Å². The van der Waals surface area contributed by atoms with E-state index in [1.165, 1.54) is 0 Å². The number of phosphoric ester groups is 3. The largest absolute Gasteiger partial charge is 0.469 e. The Kier molecular flexibility index (Phi) is 11.7. The quantitative estimate of drug-likeness (QED) is 0.104. The minimum atomic E-state index is -4.96. The van der Waals surface area contributed by atoms with E-state index in [2.05, 4.69) is 23.0 Å². The molecule has 0 amide bonds. The van der Waals surface area contributed by atoms with E-state index in [1.807, 2.05) is 0 Å². The molecule has 24 heteroatoms. The molecule has 2 heterocycles. The van der Waals surface area contributed by atoms with E-state index in [1.54, 1.807) is 0 Å². The van der Waals surface area contributed by atoms with Crippen LogP contribution in [0.2, 0.25) is 0 Å². The maximum absolute atomic E-state index is 10.5. The van der Waals surface area contributed by atoms with Crippen LogP contribution in [0, 0.1) is 0 Å². The van der Waals surface area contributed by atoms with E-state index in [0.29, 0.717) is 0 Å². The van der Waals surface area contributed by atoms with Crippen molar-refractivity contribution >= 4 is 23.5 Å². The fourth-order valence-electron chi connectivity index (χ4n) is 2.78. The zero-order valence-electron chi connectivity index (χ0n) is 17.7. The van der Waals surface area contributed by atoms with Crippen molar-refractivity contribution in [1.82, 2.24) is 0 Å². The van der Waals surface area contributed by atoms with Gasteiger partial charge in [-0.25, -0.2) is 13.7 Å². The topological polar surface area (TPSA) is 360 Å². The van der Waals surface area contributed by atoms with E-state index < -0.39 is 98.1 Å². The van der Waals surface area contributed by atoms with Crippen LogP contribution in [0.1, 0.15) is 0 Å². The third kappa shape index (κ3) is 10.3. The van der Waals surface area contributed by atoms with Gasteiger partial charge in [0.15, 0.2) is 0 Å². The Morgan fingerprint density at radius 3 is 1.28 bits per heavy atom. The summed E-state index contributed by atoms with van der Waals surface area (Å²) < 4.78 is 52.7. The summed E-state index contributed by atoms with van der Waals surface area (Å²) in [4.78, 5) is 50.7. The zero-order chi connectivity index (χ0) is 28.3. The minimum Gasteiger partial charge on any atom is -0.391 e. The van der Waals surface area contributed by atoms with Gasteiger partial charge in [-0.2, -0.15) is 0 Å². The predicted molar refractivity (Wildman–Crippen MR) is 105 cm³/mol. The van der Waals surface area contributed by atoms with Crippen LogP contribution >= 0.6 is 23.5 Å². The van der Waals surface area contributed by atoms with E-state index in [0.717, 1.165) is 0 Å². The number of phosphoric acid groups is 3. The third-order valence-corrected chi connectivity index (χ3v) is 5.96. The maximum atomic E-state index is 10.5. The van der Waals surface area contributed by atoms with Crippen molar-refractivity contribution in [3.05, 3.63) is 0 Å². The lowest BCUT2D eigenvalue weighted by atomic mass is 10.1. The van der Waals surface area contributed by atoms with Gasteiger partial charge in [-0.05, 0) is 0 Å². The maximum Gasteiger partial charge on any atom is 0.469 e. The van der Waals surface area contributed by atoms with Crippen molar-refractivity contribution in [2.45, 2.75) is 48.2 Å². The second kappa shape index (κ2) is 12.4. The summed E-state index contributed by atoms with van der Waals surface area (Å²) in [6, 6.07) is 0. The lowest BCUT2D eigenvalue weighted by Gasteiger charge is -2.25. The molecule has 0 aromatic carbocycles. The van der Waals surface area contributed by atoms with Crippen LogP contribution in [0.4, 0.5) is 0 Å². The van der Waals surface area contributed by atoms with Crippen molar-refractivity contribution in [1.29, 1.82) is 0 Å². The Bertz CT molecular complexity index is 853. The molecule has 8 atom stereocenters. The van der Waals surface area contributed by atoms with Crippen molar-refractivity contribution < 1.29 is 102 Å². The highest BCUT2D eigenvalue weighted by Gasteiger charge is 2.55. The third-order valence-electron chi connectivity index (χ3n) is 4.52. The van der Waals surface area contributed by atoms with Gasteiger partial charge in [-0.15, -0.1) is 0 Å². The molecule has 2 rings (SSSR count). The summed E-state index contributed by atoms with van der Waals surface area (Å²) in [5.41, 5.74) is 0. The van der Waals surface area contributed by atoms with Gasteiger partial charge in [-0.3, -0.25) is 13.6 Å². The second-order valence-corrected chi connectivity index (χ2v) is 11.1. The van der Waals surface area contributed by atoms with E-state index in [4.69, 9.17) is 34.5 Å². The molecule has 0 saturated carbocycles. The lowest BCUT2D eigenvalue weighted by Crippen LogP contribution is -2.46. The van der Waals surface area contributed by atoms with E-state index in [-0.39, 0.29) is 0 Å². The van der Waals surface area contributed by atoms with Crippen molar-refractivity contribution in [2.75, 3.05) is 26.4 Å². The Morgan fingerprint density at radius 2 is 0.972 bits per heavy atom. The fraction of sp³-hybridized carbons (Fsp3) is 1.00. The standard InChI is InChI=1S/C6H14O12P2.C6H13O9P/c7-4-3(1-16-19(10,11)12)18-6(9,5(4)8)2-17-20(13,14)15;7-2-6(10)5(9)4(8)3(15-6)1-14-16(11,12)13/h3-5,7-9H,1-2H2,(H2,10,11,12)(H2,13,14,15);3-5,7-10H,1-2H2,(H2,11,12,13)/t2*3-,4-,5+,6-/m11/s1. The second-order valence-electron chi connectivity index (χ2n) is 7.37. The molecule has 0 aliphatic carbocycles. The van der Waals surface area contributed by atoms with Gasteiger partial charge in [0.2, 0.25) is 11.6 Å². The molecule has 36 heavy (non-hydrogen) atoms. The lowest BCUT2D eigenvalue weighted by molar-refractivity contribution is -0.247. The first-order valence-electron chi connectivity index (χ1n) is 9.27. The summed E-state index contributed by atoms with van der Waals surface area (Å²) in [7, 11) is -14.5. The monoisotopic (exact) mass is 600 g/mol.